The Bertz CT molecular complexity index is 525. The van der Waals surface area contributed by atoms with Crippen molar-refractivity contribution in [3.05, 3.63) is 47.8 Å². The third-order valence-corrected chi connectivity index (χ3v) is 3.07. The first-order valence-electron chi connectivity index (χ1n) is 6.71. The lowest BCUT2D eigenvalue weighted by Gasteiger charge is -2.20. The third kappa shape index (κ3) is 5.77. The van der Waals surface area contributed by atoms with Crippen LogP contribution in [0.5, 0.6) is 0 Å². The first kappa shape index (κ1) is 16.9. The van der Waals surface area contributed by atoms with Crippen LogP contribution in [0.25, 0.3) is 0 Å². The minimum absolute atomic E-state index is 0.242. The van der Waals surface area contributed by atoms with E-state index in [-0.39, 0.29) is 18.2 Å². The van der Waals surface area contributed by atoms with Gasteiger partial charge in [-0.15, -0.1) is 6.58 Å². The molecule has 0 aromatic heterocycles. The van der Waals surface area contributed by atoms with Crippen LogP contribution < -0.4 is 5.32 Å². The lowest BCUT2D eigenvalue weighted by molar-refractivity contribution is -0.137. The molecule has 0 bridgehead atoms. The highest BCUT2D eigenvalue weighted by molar-refractivity contribution is 5.80. The van der Waals surface area contributed by atoms with E-state index < -0.39 is 17.8 Å². The second-order valence-electron chi connectivity index (χ2n) is 5.27. The molecule has 0 radical (unpaired) electrons. The first-order chi connectivity index (χ1) is 9.79. The van der Waals surface area contributed by atoms with Gasteiger partial charge < -0.3 is 10.4 Å². The summed E-state index contributed by atoms with van der Waals surface area (Å²) >= 11 is 0. The van der Waals surface area contributed by atoms with Crippen molar-refractivity contribution in [3.63, 3.8) is 0 Å². The van der Waals surface area contributed by atoms with Crippen LogP contribution in [0.1, 0.15) is 38.3 Å². The smallest absolute Gasteiger partial charge is 0.305 e. The molecular formula is C16H20FNO3. The van der Waals surface area contributed by atoms with E-state index in [0.717, 1.165) is 5.57 Å². The monoisotopic (exact) mass is 293 g/mol. The van der Waals surface area contributed by atoms with Gasteiger partial charge in [-0.1, -0.05) is 24.6 Å². The summed E-state index contributed by atoms with van der Waals surface area (Å²) in [6, 6.07) is 4.77. The van der Waals surface area contributed by atoms with E-state index in [4.69, 9.17) is 5.11 Å². The van der Waals surface area contributed by atoms with E-state index in [1.165, 1.54) is 24.3 Å². The standard InChI is InChI=1S/C16H20FNO3/c1-10(2)8-11(3)16(21)18-14(9-15(19)20)12-4-6-13(17)7-5-12/h4-7,11,14H,1,8-9H2,2-3H3,(H,18,21)(H,19,20). The van der Waals surface area contributed by atoms with Crippen LogP contribution in [-0.4, -0.2) is 17.0 Å². The Morgan fingerprint density at radius 1 is 1.29 bits per heavy atom. The Morgan fingerprint density at radius 2 is 1.86 bits per heavy atom. The van der Waals surface area contributed by atoms with Gasteiger partial charge in [0.05, 0.1) is 12.5 Å². The molecule has 0 saturated heterocycles. The van der Waals surface area contributed by atoms with Crippen molar-refractivity contribution in [3.8, 4) is 0 Å². The lowest BCUT2D eigenvalue weighted by atomic mass is 9.99. The highest BCUT2D eigenvalue weighted by atomic mass is 19.1. The molecule has 1 aromatic carbocycles. The molecule has 0 aliphatic rings. The van der Waals surface area contributed by atoms with Gasteiger partial charge in [0, 0.05) is 5.92 Å². The molecule has 1 rings (SSSR count). The van der Waals surface area contributed by atoms with Crippen LogP contribution in [0.3, 0.4) is 0 Å². The van der Waals surface area contributed by atoms with Crippen LogP contribution in [-0.2, 0) is 9.59 Å². The molecule has 1 aromatic rings. The average Bonchev–Trinajstić information content (AvgIpc) is 2.37. The summed E-state index contributed by atoms with van der Waals surface area (Å²) in [5, 5.41) is 11.7. The number of nitrogens with one attached hydrogen (secondary N) is 1. The molecule has 2 N–H and O–H groups in total. The number of hydrogen-bond donors (Lipinski definition) is 2. The SMILES string of the molecule is C=C(C)CC(C)C(=O)NC(CC(=O)O)c1ccc(F)cc1. The molecule has 4 nitrogen and oxygen atoms in total. The summed E-state index contributed by atoms with van der Waals surface area (Å²) in [7, 11) is 0. The zero-order chi connectivity index (χ0) is 16.0. The largest absolute Gasteiger partial charge is 0.481 e. The van der Waals surface area contributed by atoms with Crippen LogP contribution in [0.2, 0.25) is 0 Å². The fraction of sp³-hybridized carbons (Fsp3) is 0.375. The van der Waals surface area contributed by atoms with Crippen molar-refractivity contribution < 1.29 is 19.1 Å². The van der Waals surface area contributed by atoms with Gasteiger partial charge in [-0.3, -0.25) is 9.59 Å². The number of carbonyl (C=O) groups is 2. The van der Waals surface area contributed by atoms with Gasteiger partial charge in [-0.25, -0.2) is 4.39 Å². The van der Waals surface area contributed by atoms with Gasteiger partial charge in [0.1, 0.15) is 5.82 Å². The van der Waals surface area contributed by atoms with E-state index in [2.05, 4.69) is 11.9 Å². The molecule has 0 spiro atoms. The quantitative estimate of drug-likeness (QED) is 0.759. The van der Waals surface area contributed by atoms with E-state index in [9.17, 15) is 14.0 Å². The fourth-order valence-electron chi connectivity index (χ4n) is 2.05. The summed E-state index contributed by atoms with van der Waals surface area (Å²) in [6.45, 7) is 7.35. The van der Waals surface area contributed by atoms with Gasteiger partial charge in [-0.05, 0) is 31.0 Å². The minimum atomic E-state index is -1.03. The molecule has 2 unspecified atom stereocenters. The van der Waals surface area contributed by atoms with E-state index in [1.54, 1.807) is 6.92 Å². The average molecular weight is 293 g/mol. The van der Waals surface area contributed by atoms with Gasteiger partial charge in [-0.2, -0.15) is 0 Å². The highest BCUT2D eigenvalue weighted by Gasteiger charge is 2.21. The fourth-order valence-corrected chi connectivity index (χ4v) is 2.05. The Hall–Kier alpha value is -2.17. The topological polar surface area (TPSA) is 66.4 Å². The predicted molar refractivity (Wildman–Crippen MR) is 78.1 cm³/mol. The van der Waals surface area contributed by atoms with Crippen molar-refractivity contribution in [2.24, 2.45) is 5.92 Å². The maximum Gasteiger partial charge on any atom is 0.305 e. The van der Waals surface area contributed by atoms with E-state index in [0.29, 0.717) is 12.0 Å². The van der Waals surface area contributed by atoms with E-state index >= 15 is 0 Å². The van der Waals surface area contributed by atoms with Crippen molar-refractivity contribution in [2.45, 2.75) is 32.7 Å². The van der Waals surface area contributed by atoms with Crippen LogP contribution in [0, 0.1) is 11.7 Å². The van der Waals surface area contributed by atoms with Crippen LogP contribution in [0.4, 0.5) is 4.39 Å². The molecule has 5 heteroatoms. The summed E-state index contributed by atoms with van der Waals surface area (Å²) in [4.78, 5) is 23.0. The molecule has 0 aliphatic heterocycles. The Kier molecular flexibility index (Phi) is 6.09. The summed E-state index contributed by atoms with van der Waals surface area (Å²) in [5.74, 6) is -1.97. The molecule has 1 amide bonds. The minimum Gasteiger partial charge on any atom is -0.481 e. The molecule has 114 valence electrons. The number of amides is 1. The number of carboxylic acids is 1. The summed E-state index contributed by atoms with van der Waals surface area (Å²) < 4.78 is 12.9. The number of carbonyl (C=O) groups excluding carboxylic acids is 1. The van der Waals surface area contributed by atoms with Crippen molar-refractivity contribution >= 4 is 11.9 Å². The van der Waals surface area contributed by atoms with Crippen LogP contribution >= 0.6 is 0 Å². The third-order valence-electron chi connectivity index (χ3n) is 3.07. The summed E-state index contributed by atoms with van der Waals surface area (Å²) in [6.07, 6.45) is 0.284. The Balaban J connectivity index is 2.83. The number of allylic oxidation sites excluding steroid dienone is 1. The normalized spacial score (nSPS) is 13.3. The van der Waals surface area contributed by atoms with Crippen molar-refractivity contribution in [2.75, 3.05) is 0 Å². The number of rotatable bonds is 7. The molecular weight excluding hydrogens is 273 g/mol. The van der Waals surface area contributed by atoms with Gasteiger partial charge in [0.2, 0.25) is 5.91 Å². The van der Waals surface area contributed by atoms with Gasteiger partial charge >= 0.3 is 5.97 Å². The molecule has 0 saturated carbocycles. The summed E-state index contributed by atoms with van der Waals surface area (Å²) in [5.41, 5.74) is 1.45. The number of benzene rings is 1. The predicted octanol–water partition coefficient (Wildman–Crippen LogP) is 3.06. The second kappa shape index (κ2) is 7.57. The molecule has 0 heterocycles. The number of hydrogen-bond acceptors (Lipinski definition) is 2. The van der Waals surface area contributed by atoms with Gasteiger partial charge in [0.15, 0.2) is 0 Å². The number of carboxylic acid groups (broad SMARTS) is 1. The zero-order valence-electron chi connectivity index (χ0n) is 12.2. The highest BCUT2D eigenvalue weighted by Crippen LogP contribution is 2.19. The van der Waals surface area contributed by atoms with Crippen molar-refractivity contribution in [1.29, 1.82) is 0 Å². The van der Waals surface area contributed by atoms with Crippen LogP contribution in [0.15, 0.2) is 36.4 Å². The maximum atomic E-state index is 12.9. The number of halogens is 1. The van der Waals surface area contributed by atoms with Crippen molar-refractivity contribution in [1.82, 2.24) is 5.32 Å². The first-order valence-corrected chi connectivity index (χ1v) is 6.71. The molecule has 0 aliphatic carbocycles. The molecule has 21 heavy (non-hydrogen) atoms. The van der Waals surface area contributed by atoms with Gasteiger partial charge in [0.25, 0.3) is 0 Å². The number of aliphatic carboxylic acids is 1. The lowest BCUT2D eigenvalue weighted by Crippen LogP contribution is -2.34. The molecule has 0 fully saturated rings. The Morgan fingerprint density at radius 3 is 2.33 bits per heavy atom. The zero-order valence-corrected chi connectivity index (χ0v) is 12.2. The second-order valence-corrected chi connectivity index (χ2v) is 5.27. The Labute approximate surface area is 123 Å². The van der Waals surface area contributed by atoms with E-state index in [1.807, 2.05) is 6.92 Å². The molecule has 2 atom stereocenters. The maximum absolute atomic E-state index is 12.9.